The van der Waals surface area contributed by atoms with E-state index in [0.29, 0.717) is 0 Å². The molecule has 1 N–H and O–H groups in total. The first-order valence-corrected chi connectivity index (χ1v) is 5.00. The van der Waals surface area contributed by atoms with Gasteiger partial charge in [0.25, 0.3) is 0 Å². The van der Waals surface area contributed by atoms with Gasteiger partial charge in [0, 0.05) is 5.69 Å². The van der Waals surface area contributed by atoms with E-state index in [1.165, 1.54) is 0 Å². The molecule has 2 nitrogen and oxygen atoms in total. The smallest absolute Gasteiger partial charge is 0.0930 e. The van der Waals surface area contributed by atoms with Crippen molar-refractivity contribution in [1.29, 1.82) is 0 Å². The molecule has 15 heavy (non-hydrogen) atoms. The maximum absolute atomic E-state index is 4.27. The van der Waals surface area contributed by atoms with E-state index >= 15 is 0 Å². The van der Waals surface area contributed by atoms with E-state index in [9.17, 15) is 0 Å². The highest BCUT2D eigenvalue weighted by molar-refractivity contribution is 5.76. The van der Waals surface area contributed by atoms with Gasteiger partial charge >= 0.3 is 0 Å². The van der Waals surface area contributed by atoms with E-state index in [0.717, 1.165) is 11.4 Å². The van der Waals surface area contributed by atoms with Crippen LogP contribution in [-0.4, -0.2) is 6.34 Å². The van der Waals surface area contributed by atoms with Crippen molar-refractivity contribution in [2.45, 2.75) is 13.8 Å². The number of para-hydroxylation sites is 1. The first-order chi connectivity index (χ1) is 7.36. The predicted molar refractivity (Wildman–Crippen MR) is 67.1 cm³/mol. The zero-order chi connectivity index (χ0) is 10.9. The van der Waals surface area contributed by atoms with E-state index in [1.807, 2.05) is 62.4 Å². The Labute approximate surface area is 91.1 Å². The summed E-state index contributed by atoms with van der Waals surface area (Å²) >= 11 is 0. The number of aliphatic imine (C=N–C) groups is 1. The summed E-state index contributed by atoms with van der Waals surface area (Å²) in [6, 6.07) is 9.95. The third-order valence-electron chi connectivity index (χ3n) is 1.85. The minimum absolute atomic E-state index is 0.945. The van der Waals surface area contributed by atoms with Gasteiger partial charge in [0.15, 0.2) is 0 Å². The SMILES string of the molecule is C/C=C\C(=C/C)N=CNc1ccccc1. The number of hydrogen-bond donors (Lipinski definition) is 1. The van der Waals surface area contributed by atoms with Gasteiger partial charge in [-0.2, -0.15) is 0 Å². The van der Waals surface area contributed by atoms with Gasteiger partial charge < -0.3 is 5.32 Å². The highest BCUT2D eigenvalue weighted by Gasteiger charge is 1.85. The number of nitrogens with zero attached hydrogens (tertiary/aromatic N) is 1. The second kappa shape index (κ2) is 6.60. The Balaban J connectivity index is 2.53. The minimum atomic E-state index is 0.945. The Morgan fingerprint density at radius 3 is 2.53 bits per heavy atom. The molecule has 0 spiro atoms. The summed E-state index contributed by atoms with van der Waals surface area (Å²) in [6.45, 7) is 3.94. The first-order valence-electron chi connectivity index (χ1n) is 5.00. The molecule has 0 atom stereocenters. The molecular weight excluding hydrogens is 184 g/mol. The molecule has 1 aromatic rings. The number of nitrogens with one attached hydrogen (secondary N) is 1. The molecular formula is C13H16N2. The number of hydrogen-bond acceptors (Lipinski definition) is 1. The zero-order valence-electron chi connectivity index (χ0n) is 9.14. The van der Waals surface area contributed by atoms with Crippen LogP contribution in [0.1, 0.15) is 13.8 Å². The lowest BCUT2D eigenvalue weighted by atomic mass is 10.3. The highest BCUT2D eigenvalue weighted by Crippen LogP contribution is 2.03. The maximum Gasteiger partial charge on any atom is 0.0930 e. The maximum atomic E-state index is 4.27. The van der Waals surface area contributed by atoms with Gasteiger partial charge in [0.05, 0.1) is 12.0 Å². The fourth-order valence-corrected chi connectivity index (χ4v) is 1.10. The van der Waals surface area contributed by atoms with Crippen LogP contribution in [0.2, 0.25) is 0 Å². The number of rotatable bonds is 4. The Bertz CT molecular complexity index is 361. The van der Waals surface area contributed by atoms with Crippen LogP contribution in [0, 0.1) is 0 Å². The van der Waals surface area contributed by atoms with Crippen molar-refractivity contribution >= 4 is 12.0 Å². The fourth-order valence-electron chi connectivity index (χ4n) is 1.10. The van der Waals surface area contributed by atoms with Crippen molar-refractivity contribution < 1.29 is 0 Å². The Morgan fingerprint density at radius 1 is 1.20 bits per heavy atom. The molecule has 0 saturated carbocycles. The molecule has 0 amide bonds. The molecule has 0 saturated heterocycles. The monoisotopic (exact) mass is 200 g/mol. The van der Waals surface area contributed by atoms with E-state index in [2.05, 4.69) is 10.3 Å². The van der Waals surface area contributed by atoms with Gasteiger partial charge in [0.2, 0.25) is 0 Å². The summed E-state index contributed by atoms with van der Waals surface area (Å²) in [6.07, 6.45) is 7.59. The molecule has 0 radical (unpaired) electrons. The predicted octanol–water partition coefficient (Wildman–Crippen LogP) is 3.61. The normalized spacial score (nSPS) is 12.5. The summed E-state index contributed by atoms with van der Waals surface area (Å²) in [5.41, 5.74) is 1.98. The molecule has 0 aliphatic carbocycles. The molecule has 1 aromatic carbocycles. The third-order valence-corrected chi connectivity index (χ3v) is 1.85. The van der Waals surface area contributed by atoms with Crippen molar-refractivity contribution in [2.75, 3.05) is 5.32 Å². The average molecular weight is 200 g/mol. The fraction of sp³-hybridized carbons (Fsp3) is 0.154. The lowest BCUT2D eigenvalue weighted by molar-refractivity contribution is 1.38. The Hall–Kier alpha value is -1.83. The molecule has 0 fully saturated rings. The van der Waals surface area contributed by atoms with Crippen molar-refractivity contribution in [1.82, 2.24) is 0 Å². The van der Waals surface area contributed by atoms with E-state index in [4.69, 9.17) is 0 Å². The second-order valence-electron chi connectivity index (χ2n) is 2.98. The summed E-state index contributed by atoms with van der Waals surface area (Å²) in [5, 5.41) is 3.10. The molecule has 0 bridgehead atoms. The summed E-state index contributed by atoms with van der Waals surface area (Å²) in [4.78, 5) is 4.27. The molecule has 0 aromatic heterocycles. The molecule has 2 heteroatoms. The number of benzene rings is 1. The lowest BCUT2D eigenvalue weighted by Crippen LogP contribution is -1.94. The Morgan fingerprint density at radius 2 is 1.93 bits per heavy atom. The topological polar surface area (TPSA) is 24.4 Å². The first kappa shape index (κ1) is 11.2. The van der Waals surface area contributed by atoms with Gasteiger partial charge in [0.1, 0.15) is 0 Å². The quantitative estimate of drug-likeness (QED) is 0.448. The van der Waals surface area contributed by atoms with Gasteiger partial charge in [-0.05, 0) is 32.1 Å². The van der Waals surface area contributed by atoms with Crippen LogP contribution in [0.4, 0.5) is 5.69 Å². The average Bonchev–Trinajstić information content (AvgIpc) is 2.29. The van der Waals surface area contributed by atoms with Gasteiger partial charge in [-0.25, -0.2) is 4.99 Å². The third kappa shape index (κ3) is 4.27. The summed E-state index contributed by atoms with van der Waals surface area (Å²) in [7, 11) is 0. The van der Waals surface area contributed by atoms with Crippen LogP contribution in [-0.2, 0) is 0 Å². The van der Waals surface area contributed by atoms with Gasteiger partial charge in [-0.1, -0.05) is 30.4 Å². The molecule has 0 heterocycles. The van der Waals surface area contributed by atoms with Crippen molar-refractivity contribution in [3.05, 3.63) is 54.3 Å². The van der Waals surface area contributed by atoms with Gasteiger partial charge in [-0.3, -0.25) is 0 Å². The van der Waals surface area contributed by atoms with Crippen LogP contribution >= 0.6 is 0 Å². The molecule has 0 aliphatic rings. The number of anilines is 1. The Kier molecular flexibility index (Phi) is 4.95. The van der Waals surface area contributed by atoms with Crippen LogP contribution in [0.15, 0.2) is 59.2 Å². The minimum Gasteiger partial charge on any atom is -0.346 e. The summed E-state index contributed by atoms with van der Waals surface area (Å²) in [5.74, 6) is 0. The highest BCUT2D eigenvalue weighted by atomic mass is 14.9. The molecule has 0 unspecified atom stereocenters. The van der Waals surface area contributed by atoms with Crippen molar-refractivity contribution in [3.8, 4) is 0 Å². The summed E-state index contributed by atoms with van der Waals surface area (Å²) < 4.78 is 0. The molecule has 1 rings (SSSR count). The van der Waals surface area contributed by atoms with E-state index in [1.54, 1.807) is 6.34 Å². The van der Waals surface area contributed by atoms with Crippen LogP contribution in [0.25, 0.3) is 0 Å². The largest absolute Gasteiger partial charge is 0.346 e. The standard InChI is InChI=1S/C13H16N2/c1-3-8-12(4-2)14-11-15-13-9-6-5-7-10-13/h3-11H,1-2H3,(H,14,15)/b8-3-,12-4+. The molecule has 78 valence electrons. The van der Waals surface area contributed by atoms with Crippen molar-refractivity contribution in [3.63, 3.8) is 0 Å². The van der Waals surface area contributed by atoms with Gasteiger partial charge in [-0.15, -0.1) is 0 Å². The molecule has 0 aliphatic heterocycles. The van der Waals surface area contributed by atoms with Crippen molar-refractivity contribution in [2.24, 2.45) is 4.99 Å². The van der Waals surface area contributed by atoms with Crippen LogP contribution in [0.3, 0.4) is 0 Å². The van der Waals surface area contributed by atoms with E-state index in [-0.39, 0.29) is 0 Å². The second-order valence-corrected chi connectivity index (χ2v) is 2.98. The zero-order valence-corrected chi connectivity index (χ0v) is 9.14. The van der Waals surface area contributed by atoms with Crippen LogP contribution < -0.4 is 5.32 Å². The number of allylic oxidation sites excluding steroid dienone is 3. The van der Waals surface area contributed by atoms with Crippen LogP contribution in [0.5, 0.6) is 0 Å². The van der Waals surface area contributed by atoms with E-state index < -0.39 is 0 Å². The lowest BCUT2D eigenvalue weighted by Gasteiger charge is -1.98.